The average molecular weight is 403 g/mol. The standard InChI is InChI=1S/C20H19ClN4O.ClH/c1-2-24-10-11-25(13-24)19-20(26)22-17-9-8-15(21)12-16(17)18(23-19)14-6-4-3-5-7-14;/h3-12,19H,2,13H2,1H3,(H,22,26);1H. The highest BCUT2D eigenvalue weighted by atomic mass is 35.5. The lowest BCUT2D eigenvalue weighted by atomic mass is 10.0. The molecule has 2 unspecified atom stereocenters. The molecule has 2 aliphatic heterocycles. The van der Waals surface area contributed by atoms with Crippen LogP contribution in [0.4, 0.5) is 5.69 Å². The highest BCUT2D eigenvalue weighted by Crippen LogP contribution is 2.28. The summed E-state index contributed by atoms with van der Waals surface area (Å²) in [7, 11) is 0. The summed E-state index contributed by atoms with van der Waals surface area (Å²) in [4.78, 5) is 21.0. The number of nitrogens with one attached hydrogen (secondary N) is 2. The van der Waals surface area contributed by atoms with Crippen LogP contribution < -0.4 is 22.6 Å². The van der Waals surface area contributed by atoms with Gasteiger partial charge in [-0.15, -0.1) is 0 Å². The molecule has 2 heterocycles. The molecule has 0 saturated carbocycles. The number of hydrogen-bond donors (Lipinski definition) is 2. The highest BCUT2D eigenvalue weighted by molar-refractivity contribution is 6.32. The van der Waals surface area contributed by atoms with Gasteiger partial charge in [-0.05, 0) is 25.1 Å². The van der Waals surface area contributed by atoms with E-state index in [1.54, 1.807) is 6.07 Å². The Morgan fingerprint density at radius 1 is 1.26 bits per heavy atom. The number of rotatable bonds is 3. The van der Waals surface area contributed by atoms with E-state index in [-0.39, 0.29) is 18.3 Å². The van der Waals surface area contributed by atoms with Crippen molar-refractivity contribution >= 4 is 28.9 Å². The Bertz CT molecular complexity index is 898. The number of fused-ring (bicyclic) bond motifs is 1. The van der Waals surface area contributed by atoms with Crippen LogP contribution in [0, 0.1) is 0 Å². The molecule has 0 bridgehead atoms. The zero-order valence-electron chi connectivity index (χ0n) is 14.8. The molecule has 140 valence electrons. The van der Waals surface area contributed by atoms with E-state index in [9.17, 15) is 4.79 Å². The van der Waals surface area contributed by atoms with Crippen molar-refractivity contribution in [3.63, 3.8) is 0 Å². The van der Waals surface area contributed by atoms with Crippen LogP contribution >= 0.6 is 11.6 Å². The maximum Gasteiger partial charge on any atom is 0.269 e. The smallest absolute Gasteiger partial charge is 0.269 e. The summed E-state index contributed by atoms with van der Waals surface area (Å²) in [6.07, 6.45) is 3.41. The monoisotopic (exact) mass is 402 g/mol. The minimum atomic E-state index is -0.614. The molecule has 0 fully saturated rings. The van der Waals surface area contributed by atoms with Crippen molar-refractivity contribution in [3.8, 4) is 0 Å². The molecule has 2 aromatic rings. The molecule has 1 amide bonds. The van der Waals surface area contributed by atoms with Gasteiger partial charge < -0.3 is 17.7 Å². The number of benzodiazepines with no additional fused rings is 1. The lowest BCUT2D eigenvalue weighted by Gasteiger charge is -2.22. The van der Waals surface area contributed by atoms with Gasteiger partial charge in [0.25, 0.3) is 5.91 Å². The number of hydrogen-bond acceptors (Lipinski definition) is 3. The minimum absolute atomic E-state index is 0. The van der Waals surface area contributed by atoms with Crippen LogP contribution in [0.5, 0.6) is 0 Å². The molecule has 4 rings (SSSR count). The lowest BCUT2D eigenvalue weighted by Crippen LogP contribution is -3.07. The number of nitrogens with zero attached hydrogens (tertiary/aromatic N) is 2. The summed E-state index contributed by atoms with van der Waals surface area (Å²) < 4.78 is 0. The first-order valence-electron chi connectivity index (χ1n) is 8.68. The SMILES string of the molecule is CC[NH+]1C=CN(C2N=C(c3ccccc3)c3cc(Cl)ccc3NC2=O)C1.[Cl-]. The maximum atomic E-state index is 12.9. The van der Waals surface area contributed by atoms with Crippen LogP contribution in [-0.2, 0) is 4.79 Å². The van der Waals surface area contributed by atoms with E-state index in [2.05, 4.69) is 18.4 Å². The highest BCUT2D eigenvalue weighted by Gasteiger charge is 2.32. The largest absolute Gasteiger partial charge is 1.00 e. The molecule has 2 atom stereocenters. The van der Waals surface area contributed by atoms with Gasteiger partial charge in [-0.2, -0.15) is 0 Å². The number of quaternary nitrogens is 1. The quantitative estimate of drug-likeness (QED) is 0.699. The van der Waals surface area contributed by atoms with Crippen molar-refractivity contribution in [1.82, 2.24) is 4.90 Å². The fourth-order valence-electron chi connectivity index (χ4n) is 3.26. The van der Waals surface area contributed by atoms with Crippen LogP contribution in [-0.4, -0.2) is 35.9 Å². The summed E-state index contributed by atoms with van der Waals surface area (Å²) in [5, 5.41) is 3.63. The first kappa shape index (κ1) is 19.4. The van der Waals surface area contributed by atoms with E-state index in [1.807, 2.05) is 53.6 Å². The Labute approximate surface area is 169 Å². The molecule has 0 aromatic heterocycles. The van der Waals surface area contributed by atoms with Crippen molar-refractivity contribution in [1.29, 1.82) is 0 Å². The molecule has 0 radical (unpaired) electrons. The summed E-state index contributed by atoms with van der Waals surface area (Å²) in [5.41, 5.74) is 3.29. The molecule has 0 saturated heterocycles. The first-order valence-corrected chi connectivity index (χ1v) is 9.06. The van der Waals surface area contributed by atoms with Gasteiger partial charge in [0.1, 0.15) is 6.20 Å². The molecular formula is C20H20Cl2N4O. The first-order chi connectivity index (χ1) is 12.7. The number of halogens is 2. The molecular weight excluding hydrogens is 383 g/mol. The second-order valence-corrected chi connectivity index (χ2v) is 6.83. The molecule has 2 aliphatic rings. The number of carbonyl (C=O) groups excluding carboxylic acids is 1. The predicted octanol–water partition coefficient (Wildman–Crippen LogP) is -0.891. The van der Waals surface area contributed by atoms with Gasteiger partial charge in [0, 0.05) is 16.1 Å². The number of carbonyl (C=O) groups is 1. The van der Waals surface area contributed by atoms with Gasteiger partial charge in [-0.3, -0.25) is 14.6 Å². The minimum Gasteiger partial charge on any atom is -1.00 e. The van der Waals surface area contributed by atoms with Gasteiger partial charge in [0.2, 0.25) is 6.17 Å². The number of anilines is 1. The van der Waals surface area contributed by atoms with Crippen LogP contribution in [0.15, 0.2) is 65.9 Å². The van der Waals surface area contributed by atoms with Crippen LogP contribution in [0.25, 0.3) is 0 Å². The van der Waals surface area contributed by atoms with E-state index in [0.29, 0.717) is 5.02 Å². The third-order valence-electron chi connectivity index (χ3n) is 4.68. The normalized spacial score (nSPS) is 21.0. The zero-order chi connectivity index (χ0) is 18.1. The van der Waals surface area contributed by atoms with Gasteiger partial charge in [0.05, 0.1) is 24.1 Å². The van der Waals surface area contributed by atoms with Crippen molar-refractivity contribution in [2.45, 2.75) is 13.1 Å². The second-order valence-electron chi connectivity index (χ2n) is 6.40. The number of aliphatic imine (C=N–C) groups is 1. The topological polar surface area (TPSA) is 49.1 Å². The molecule has 2 N–H and O–H groups in total. The number of benzene rings is 2. The van der Waals surface area contributed by atoms with Crippen LogP contribution in [0.2, 0.25) is 5.02 Å². The number of amides is 1. The predicted molar refractivity (Wildman–Crippen MR) is 103 cm³/mol. The van der Waals surface area contributed by atoms with Gasteiger partial charge in [0.15, 0.2) is 6.67 Å². The summed E-state index contributed by atoms with van der Waals surface area (Å²) in [5.74, 6) is -0.137. The maximum absolute atomic E-state index is 12.9. The Balaban J connectivity index is 0.00000210. The van der Waals surface area contributed by atoms with E-state index in [0.717, 1.165) is 35.7 Å². The Morgan fingerprint density at radius 3 is 2.74 bits per heavy atom. The van der Waals surface area contributed by atoms with E-state index in [1.165, 1.54) is 4.90 Å². The van der Waals surface area contributed by atoms with E-state index >= 15 is 0 Å². The van der Waals surface area contributed by atoms with Crippen molar-refractivity contribution in [2.75, 3.05) is 18.5 Å². The van der Waals surface area contributed by atoms with E-state index in [4.69, 9.17) is 16.6 Å². The Morgan fingerprint density at radius 2 is 2.04 bits per heavy atom. The lowest BCUT2D eigenvalue weighted by molar-refractivity contribution is -0.847. The zero-order valence-corrected chi connectivity index (χ0v) is 16.3. The average Bonchev–Trinajstić information content (AvgIpc) is 3.08. The van der Waals surface area contributed by atoms with Crippen LogP contribution in [0.1, 0.15) is 18.1 Å². The second kappa shape index (κ2) is 8.13. The van der Waals surface area contributed by atoms with Gasteiger partial charge in [-0.25, -0.2) is 4.99 Å². The van der Waals surface area contributed by atoms with Crippen molar-refractivity contribution < 1.29 is 22.1 Å². The fourth-order valence-corrected chi connectivity index (χ4v) is 3.43. The van der Waals surface area contributed by atoms with Gasteiger partial charge >= 0.3 is 0 Å². The molecule has 2 aromatic carbocycles. The molecule has 0 aliphatic carbocycles. The summed E-state index contributed by atoms with van der Waals surface area (Å²) >= 11 is 6.23. The van der Waals surface area contributed by atoms with Crippen molar-refractivity contribution in [2.24, 2.45) is 4.99 Å². The van der Waals surface area contributed by atoms with Crippen molar-refractivity contribution in [3.05, 3.63) is 77.1 Å². The molecule has 5 nitrogen and oxygen atoms in total. The summed E-state index contributed by atoms with van der Waals surface area (Å²) in [6.45, 7) is 3.80. The molecule has 0 spiro atoms. The fraction of sp³-hybridized carbons (Fsp3) is 0.200. The van der Waals surface area contributed by atoms with Crippen LogP contribution in [0.3, 0.4) is 0 Å². The third-order valence-corrected chi connectivity index (χ3v) is 4.92. The molecule has 27 heavy (non-hydrogen) atoms. The summed E-state index contributed by atoms with van der Waals surface area (Å²) in [6, 6.07) is 15.4. The molecule has 7 heteroatoms. The van der Waals surface area contributed by atoms with E-state index < -0.39 is 6.17 Å². The van der Waals surface area contributed by atoms with Gasteiger partial charge in [-0.1, -0.05) is 41.9 Å². The third kappa shape index (κ3) is 3.86. The Hall–Kier alpha value is -2.34. The Kier molecular flexibility index (Phi) is 5.85.